The second-order valence-electron chi connectivity index (χ2n) is 6.55. The molecule has 0 bridgehead atoms. The quantitative estimate of drug-likeness (QED) is 0.581. The highest BCUT2D eigenvalue weighted by Crippen LogP contribution is 2.28. The molecule has 1 aromatic carbocycles. The topological polar surface area (TPSA) is 122 Å². The fourth-order valence-electron chi connectivity index (χ4n) is 3.14. The largest absolute Gasteiger partial charge is 0.494 e. The number of rotatable bonds is 9. The average Bonchev–Trinajstić information content (AvgIpc) is 2.63. The number of ether oxygens (including phenoxy) is 1. The number of carbonyl (C=O) groups is 2. The van der Waals surface area contributed by atoms with E-state index in [0.29, 0.717) is 25.2 Å². The summed E-state index contributed by atoms with van der Waals surface area (Å²) < 4.78 is 32.2. The molecular formula is C18H26N2O6S. The van der Waals surface area contributed by atoms with Gasteiger partial charge in [0.25, 0.3) is 0 Å². The van der Waals surface area contributed by atoms with Crippen LogP contribution in [0.4, 0.5) is 0 Å². The van der Waals surface area contributed by atoms with Crippen LogP contribution in [-0.4, -0.2) is 44.1 Å². The van der Waals surface area contributed by atoms with Crippen LogP contribution >= 0.6 is 0 Å². The molecule has 0 spiro atoms. The van der Waals surface area contributed by atoms with Gasteiger partial charge in [0.1, 0.15) is 11.3 Å². The standard InChI is InChI=1S/C18H26N2O6S/c1-2-26-14-6-8-15(9-7-14)27(24,25)19-13-10-16(21)20-18(17(22)23)11-4-3-5-12-18/h6-9,19H,2-5,10-13H2,1H3,(H,20,21)(H,22,23). The van der Waals surface area contributed by atoms with Crippen LogP contribution in [0, 0.1) is 0 Å². The van der Waals surface area contributed by atoms with Crippen LogP contribution < -0.4 is 14.8 Å². The molecule has 0 atom stereocenters. The fourth-order valence-corrected chi connectivity index (χ4v) is 4.17. The van der Waals surface area contributed by atoms with E-state index in [2.05, 4.69) is 10.0 Å². The van der Waals surface area contributed by atoms with Crippen LogP contribution in [0.2, 0.25) is 0 Å². The summed E-state index contributed by atoms with van der Waals surface area (Å²) in [6.07, 6.45) is 3.10. The molecule has 0 heterocycles. The Kier molecular flexibility index (Phi) is 7.20. The Morgan fingerprint density at radius 3 is 2.33 bits per heavy atom. The molecule has 1 aliphatic rings. The minimum atomic E-state index is -3.75. The zero-order valence-corrected chi connectivity index (χ0v) is 16.2. The maximum Gasteiger partial charge on any atom is 0.329 e. The maximum atomic E-state index is 12.3. The molecule has 0 aromatic heterocycles. The lowest BCUT2D eigenvalue weighted by Gasteiger charge is -2.34. The number of hydrogen-bond acceptors (Lipinski definition) is 5. The summed E-state index contributed by atoms with van der Waals surface area (Å²) in [5, 5.41) is 12.1. The zero-order chi connectivity index (χ0) is 19.9. The van der Waals surface area contributed by atoms with Gasteiger partial charge in [0.15, 0.2) is 0 Å². The van der Waals surface area contributed by atoms with E-state index in [1.54, 1.807) is 12.1 Å². The Bertz CT molecular complexity index is 755. The van der Waals surface area contributed by atoms with Crippen molar-refractivity contribution in [2.75, 3.05) is 13.2 Å². The zero-order valence-electron chi connectivity index (χ0n) is 15.4. The average molecular weight is 398 g/mol. The van der Waals surface area contributed by atoms with E-state index in [9.17, 15) is 23.1 Å². The van der Waals surface area contributed by atoms with Crippen LogP contribution in [0.1, 0.15) is 45.4 Å². The van der Waals surface area contributed by atoms with E-state index in [-0.39, 0.29) is 17.9 Å². The summed E-state index contributed by atoms with van der Waals surface area (Å²) in [5.74, 6) is -0.943. The third kappa shape index (κ3) is 5.67. The number of sulfonamides is 1. The lowest BCUT2D eigenvalue weighted by Crippen LogP contribution is -2.55. The van der Waals surface area contributed by atoms with Gasteiger partial charge in [-0.25, -0.2) is 17.9 Å². The molecule has 2 rings (SSSR count). The summed E-state index contributed by atoms with van der Waals surface area (Å²) in [5.41, 5.74) is -1.23. The van der Waals surface area contributed by atoms with Crippen molar-refractivity contribution in [2.45, 2.75) is 55.9 Å². The molecule has 1 amide bonds. The van der Waals surface area contributed by atoms with E-state index >= 15 is 0 Å². The summed E-state index contributed by atoms with van der Waals surface area (Å²) >= 11 is 0. The maximum absolute atomic E-state index is 12.3. The number of carboxylic acid groups (broad SMARTS) is 1. The molecule has 0 unspecified atom stereocenters. The molecule has 1 aliphatic carbocycles. The van der Waals surface area contributed by atoms with Gasteiger partial charge in [0, 0.05) is 13.0 Å². The second kappa shape index (κ2) is 9.18. The smallest absolute Gasteiger partial charge is 0.329 e. The summed E-state index contributed by atoms with van der Waals surface area (Å²) in [7, 11) is -3.75. The molecule has 3 N–H and O–H groups in total. The molecule has 8 nitrogen and oxygen atoms in total. The molecule has 27 heavy (non-hydrogen) atoms. The van der Waals surface area contributed by atoms with Crippen molar-refractivity contribution in [2.24, 2.45) is 0 Å². The molecule has 9 heteroatoms. The predicted molar refractivity (Wildman–Crippen MR) is 99.0 cm³/mol. The lowest BCUT2D eigenvalue weighted by atomic mass is 9.81. The van der Waals surface area contributed by atoms with Crippen molar-refractivity contribution < 1.29 is 27.9 Å². The van der Waals surface area contributed by atoms with Crippen LogP contribution in [0.5, 0.6) is 5.75 Å². The molecular weight excluding hydrogens is 372 g/mol. The monoisotopic (exact) mass is 398 g/mol. The van der Waals surface area contributed by atoms with Gasteiger partial charge >= 0.3 is 5.97 Å². The number of carboxylic acids is 1. The Morgan fingerprint density at radius 1 is 1.15 bits per heavy atom. The van der Waals surface area contributed by atoms with Gasteiger partial charge in [-0.05, 0) is 44.0 Å². The number of amides is 1. The Morgan fingerprint density at radius 2 is 1.78 bits per heavy atom. The molecule has 150 valence electrons. The number of benzene rings is 1. The van der Waals surface area contributed by atoms with Crippen LogP contribution in [0.3, 0.4) is 0 Å². The molecule has 0 radical (unpaired) electrons. The highest BCUT2D eigenvalue weighted by atomic mass is 32.2. The summed E-state index contributed by atoms with van der Waals surface area (Å²) in [6.45, 7) is 2.20. The summed E-state index contributed by atoms with van der Waals surface area (Å²) in [4.78, 5) is 23.8. The molecule has 1 saturated carbocycles. The van der Waals surface area contributed by atoms with E-state index in [1.165, 1.54) is 12.1 Å². The van der Waals surface area contributed by atoms with Crippen molar-refractivity contribution in [3.63, 3.8) is 0 Å². The fraction of sp³-hybridized carbons (Fsp3) is 0.556. The molecule has 1 fully saturated rings. The van der Waals surface area contributed by atoms with Gasteiger partial charge in [-0.3, -0.25) is 4.79 Å². The van der Waals surface area contributed by atoms with Crippen molar-refractivity contribution >= 4 is 21.9 Å². The normalized spacial score (nSPS) is 16.5. The third-order valence-electron chi connectivity index (χ3n) is 4.58. The van der Waals surface area contributed by atoms with Gasteiger partial charge in [-0.1, -0.05) is 19.3 Å². The first-order valence-electron chi connectivity index (χ1n) is 9.06. The summed E-state index contributed by atoms with van der Waals surface area (Å²) in [6, 6.07) is 5.97. The number of aliphatic carboxylic acids is 1. The first-order chi connectivity index (χ1) is 12.8. The van der Waals surface area contributed by atoms with Gasteiger partial charge in [0.05, 0.1) is 11.5 Å². The highest BCUT2D eigenvalue weighted by Gasteiger charge is 2.40. The van der Waals surface area contributed by atoms with Crippen molar-refractivity contribution in [1.29, 1.82) is 0 Å². The third-order valence-corrected chi connectivity index (χ3v) is 6.06. The molecule has 0 aliphatic heterocycles. The van der Waals surface area contributed by atoms with E-state index < -0.39 is 27.4 Å². The number of carbonyl (C=O) groups excluding carboxylic acids is 1. The second-order valence-corrected chi connectivity index (χ2v) is 8.32. The minimum Gasteiger partial charge on any atom is -0.494 e. The molecule has 1 aromatic rings. The van der Waals surface area contributed by atoms with Gasteiger partial charge in [0.2, 0.25) is 15.9 Å². The SMILES string of the molecule is CCOc1ccc(S(=O)(=O)NCCC(=O)NC2(C(=O)O)CCCCC2)cc1. The van der Waals surface area contributed by atoms with Gasteiger partial charge in [-0.2, -0.15) is 0 Å². The minimum absolute atomic E-state index is 0.0700. The van der Waals surface area contributed by atoms with Crippen LogP contribution in [-0.2, 0) is 19.6 Å². The van der Waals surface area contributed by atoms with Gasteiger partial charge < -0.3 is 15.2 Å². The van der Waals surface area contributed by atoms with Crippen molar-refractivity contribution in [1.82, 2.24) is 10.0 Å². The lowest BCUT2D eigenvalue weighted by molar-refractivity contribution is -0.149. The van der Waals surface area contributed by atoms with Crippen molar-refractivity contribution in [3.8, 4) is 5.75 Å². The van der Waals surface area contributed by atoms with E-state index in [4.69, 9.17) is 4.74 Å². The van der Waals surface area contributed by atoms with Crippen LogP contribution in [0.15, 0.2) is 29.2 Å². The molecule has 0 saturated heterocycles. The van der Waals surface area contributed by atoms with Gasteiger partial charge in [-0.15, -0.1) is 0 Å². The number of hydrogen-bond donors (Lipinski definition) is 3. The Balaban J connectivity index is 1.88. The highest BCUT2D eigenvalue weighted by molar-refractivity contribution is 7.89. The predicted octanol–water partition coefficient (Wildman–Crippen LogP) is 1.66. The van der Waals surface area contributed by atoms with E-state index in [1.807, 2.05) is 6.92 Å². The Labute approximate surface area is 159 Å². The number of nitrogens with one attached hydrogen (secondary N) is 2. The van der Waals surface area contributed by atoms with E-state index in [0.717, 1.165) is 19.3 Å². The van der Waals surface area contributed by atoms with Crippen LogP contribution in [0.25, 0.3) is 0 Å². The Hall–Kier alpha value is -2.13. The van der Waals surface area contributed by atoms with Crippen molar-refractivity contribution in [3.05, 3.63) is 24.3 Å². The first-order valence-corrected chi connectivity index (χ1v) is 10.5. The first kappa shape index (κ1) is 21.2.